The first kappa shape index (κ1) is 16.7. The molecule has 124 valence electrons. The first-order valence-corrected chi connectivity index (χ1v) is 7.93. The molecule has 0 aliphatic rings. The molecule has 5 nitrogen and oxygen atoms in total. The van der Waals surface area contributed by atoms with Crippen LogP contribution in [0.4, 0.5) is 22.7 Å². The van der Waals surface area contributed by atoms with E-state index in [0.29, 0.717) is 33.3 Å². The maximum atomic E-state index is 12.4. The highest BCUT2D eigenvalue weighted by Gasteiger charge is 2.09. The first-order chi connectivity index (χ1) is 12.1. The Balaban J connectivity index is 1.85. The SMILES string of the molecule is Nc1ccc(N=Nc2ccc(Cl)cc2)c(NC(=O)c2ccccc2)c1. The van der Waals surface area contributed by atoms with Crippen molar-refractivity contribution in [3.8, 4) is 0 Å². The number of nitrogen functional groups attached to an aromatic ring is 1. The van der Waals surface area contributed by atoms with Crippen molar-refractivity contribution in [3.05, 3.63) is 83.4 Å². The number of rotatable bonds is 4. The van der Waals surface area contributed by atoms with Gasteiger partial charge in [0, 0.05) is 16.3 Å². The monoisotopic (exact) mass is 350 g/mol. The third-order valence-corrected chi connectivity index (χ3v) is 3.66. The van der Waals surface area contributed by atoms with E-state index in [2.05, 4.69) is 15.5 Å². The molecule has 0 spiro atoms. The van der Waals surface area contributed by atoms with Gasteiger partial charge in [-0.2, -0.15) is 5.11 Å². The molecule has 0 heterocycles. The fraction of sp³-hybridized carbons (Fsp3) is 0. The lowest BCUT2D eigenvalue weighted by Gasteiger charge is -2.08. The van der Waals surface area contributed by atoms with Gasteiger partial charge in [-0.3, -0.25) is 4.79 Å². The van der Waals surface area contributed by atoms with Crippen LogP contribution in [0.5, 0.6) is 0 Å². The summed E-state index contributed by atoms with van der Waals surface area (Å²) in [7, 11) is 0. The Labute approximate surface area is 150 Å². The highest BCUT2D eigenvalue weighted by molar-refractivity contribution is 6.30. The Hall–Kier alpha value is -3.18. The van der Waals surface area contributed by atoms with E-state index in [9.17, 15) is 4.79 Å². The molecule has 0 fully saturated rings. The van der Waals surface area contributed by atoms with E-state index in [1.165, 1.54) is 0 Å². The van der Waals surface area contributed by atoms with Gasteiger partial charge in [0.2, 0.25) is 0 Å². The predicted octanol–water partition coefficient (Wildman–Crippen LogP) is 5.59. The summed E-state index contributed by atoms with van der Waals surface area (Å²) < 4.78 is 0. The van der Waals surface area contributed by atoms with Crippen LogP contribution in [0.1, 0.15) is 10.4 Å². The van der Waals surface area contributed by atoms with Crippen LogP contribution < -0.4 is 11.1 Å². The van der Waals surface area contributed by atoms with E-state index in [-0.39, 0.29) is 5.91 Å². The number of anilines is 2. The number of halogens is 1. The lowest BCUT2D eigenvalue weighted by Crippen LogP contribution is -2.11. The Kier molecular flexibility index (Phi) is 5.06. The second kappa shape index (κ2) is 7.59. The van der Waals surface area contributed by atoms with Crippen molar-refractivity contribution in [1.82, 2.24) is 0 Å². The second-order valence-electron chi connectivity index (χ2n) is 5.27. The van der Waals surface area contributed by atoms with Crippen LogP contribution in [0.25, 0.3) is 0 Å². The largest absolute Gasteiger partial charge is 0.399 e. The number of carbonyl (C=O) groups is 1. The molecular formula is C19H15ClN4O. The molecule has 25 heavy (non-hydrogen) atoms. The number of benzene rings is 3. The van der Waals surface area contributed by atoms with Gasteiger partial charge in [-0.25, -0.2) is 0 Å². The van der Waals surface area contributed by atoms with Gasteiger partial charge in [-0.05, 0) is 54.6 Å². The smallest absolute Gasteiger partial charge is 0.255 e. The number of nitrogens with two attached hydrogens (primary N) is 1. The van der Waals surface area contributed by atoms with Gasteiger partial charge in [0.1, 0.15) is 5.69 Å². The third kappa shape index (κ3) is 4.43. The number of nitrogens with zero attached hydrogens (tertiary/aromatic N) is 2. The van der Waals surface area contributed by atoms with E-state index >= 15 is 0 Å². The Morgan fingerprint density at radius 1 is 0.920 bits per heavy atom. The maximum absolute atomic E-state index is 12.4. The van der Waals surface area contributed by atoms with Gasteiger partial charge in [0.25, 0.3) is 5.91 Å². The van der Waals surface area contributed by atoms with Crippen LogP contribution in [0.2, 0.25) is 5.02 Å². The minimum atomic E-state index is -0.242. The van der Waals surface area contributed by atoms with Crippen molar-refractivity contribution < 1.29 is 4.79 Å². The molecule has 3 rings (SSSR count). The topological polar surface area (TPSA) is 79.8 Å². The van der Waals surface area contributed by atoms with Crippen LogP contribution in [-0.2, 0) is 0 Å². The molecule has 0 saturated heterocycles. The highest BCUT2D eigenvalue weighted by Crippen LogP contribution is 2.29. The summed E-state index contributed by atoms with van der Waals surface area (Å²) in [6.07, 6.45) is 0. The number of azo groups is 1. The van der Waals surface area contributed by atoms with E-state index in [1.807, 2.05) is 6.07 Å². The summed E-state index contributed by atoms with van der Waals surface area (Å²) in [6, 6.07) is 21.0. The van der Waals surface area contributed by atoms with Crippen LogP contribution in [0.3, 0.4) is 0 Å². The zero-order chi connectivity index (χ0) is 17.6. The fourth-order valence-corrected chi connectivity index (χ4v) is 2.27. The van der Waals surface area contributed by atoms with E-state index in [0.717, 1.165) is 0 Å². The zero-order valence-corrected chi connectivity index (χ0v) is 13.9. The maximum Gasteiger partial charge on any atom is 0.255 e. The number of carbonyl (C=O) groups excluding carboxylic acids is 1. The Morgan fingerprint density at radius 2 is 1.64 bits per heavy atom. The molecule has 0 atom stereocenters. The standard InChI is InChI=1S/C19H15ClN4O/c20-14-6-9-16(10-7-14)23-24-17-11-8-15(21)12-18(17)22-19(25)13-4-2-1-3-5-13/h1-12H,21H2,(H,22,25). The van der Waals surface area contributed by atoms with Crippen molar-refractivity contribution in [3.63, 3.8) is 0 Å². The van der Waals surface area contributed by atoms with Gasteiger partial charge in [-0.15, -0.1) is 5.11 Å². The molecule has 0 aliphatic heterocycles. The Bertz CT molecular complexity index is 908. The van der Waals surface area contributed by atoms with E-state index in [4.69, 9.17) is 17.3 Å². The summed E-state index contributed by atoms with van der Waals surface area (Å²) in [5.74, 6) is -0.242. The molecule has 3 aromatic carbocycles. The number of nitrogens with one attached hydrogen (secondary N) is 1. The average molecular weight is 351 g/mol. The van der Waals surface area contributed by atoms with Gasteiger partial charge < -0.3 is 11.1 Å². The molecule has 0 aliphatic carbocycles. The van der Waals surface area contributed by atoms with Gasteiger partial charge >= 0.3 is 0 Å². The van der Waals surface area contributed by atoms with Gasteiger partial charge in [0.05, 0.1) is 11.4 Å². The third-order valence-electron chi connectivity index (χ3n) is 3.40. The predicted molar refractivity (Wildman–Crippen MR) is 101 cm³/mol. The quantitative estimate of drug-likeness (QED) is 0.475. The molecule has 0 unspecified atom stereocenters. The lowest BCUT2D eigenvalue weighted by atomic mass is 10.2. The molecule has 0 saturated carbocycles. The molecular weight excluding hydrogens is 336 g/mol. The van der Waals surface area contributed by atoms with Crippen molar-refractivity contribution >= 4 is 40.3 Å². The minimum Gasteiger partial charge on any atom is -0.399 e. The van der Waals surface area contributed by atoms with Crippen LogP contribution in [-0.4, -0.2) is 5.91 Å². The minimum absolute atomic E-state index is 0.242. The van der Waals surface area contributed by atoms with E-state index in [1.54, 1.807) is 66.7 Å². The fourth-order valence-electron chi connectivity index (χ4n) is 2.14. The summed E-state index contributed by atoms with van der Waals surface area (Å²) >= 11 is 5.85. The summed E-state index contributed by atoms with van der Waals surface area (Å²) in [5, 5.41) is 11.8. The van der Waals surface area contributed by atoms with Crippen molar-refractivity contribution in [2.24, 2.45) is 10.2 Å². The molecule has 3 aromatic rings. The average Bonchev–Trinajstić information content (AvgIpc) is 2.63. The first-order valence-electron chi connectivity index (χ1n) is 7.55. The summed E-state index contributed by atoms with van der Waals surface area (Å²) in [4.78, 5) is 12.4. The summed E-state index contributed by atoms with van der Waals surface area (Å²) in [6.45, 7) is 0. The van der Waals surface area contributed by atoms with Crippen LogP contribution >= 0.6 is 11.6 Å². The number of hydrogen-bond acceptors (Lipinski definition) is 4. The summed E-state index contributed by atoms with van der Waals surface area (Å²) in [5.41, 5.74) is 8.55. The van der Waals surface area contributed by atoms with Crippen molar-refractivity contribution in [2.45, 2.75) is 0 Å². The molecule has 0 aromatic heterocycles. The van der Waals surface area contributed by atoms with Crippen LogP contribution in [0, 0.1) is 0 Å². The van der Waals surface area contributed by atoms with Gasteiger partial charge in [-0.1, -0.05) is 29.8 Å². The molecule has 1 amide bonds. The molecule has 0 radical (unpaired) electrons. The van der Waals surface area contributed by atoms with Crippen molar-refractivity contribution in [1.29, 1.82) is 0 Å². The van der Waals surface area contributed by atoms with E-state index < -0.39 is 0 Å². The number of hydrogen-bond donors (Lipinski definition) is 2. The second-order valence-corrected chi connectivity index (χ2v) is 5.71. The molecule has 6 heteroatoms. The lowest BCUT2D eigenvalue weighted by molar-refractivity contribution is 0.102. The Morgan fingerprint density at radius 3 is 2.36 bits per heavy atom. The highest BCUT2D eigenvalue weighted by atomic mass is 35.5. The molecule has 3 N–H and O–H groups in total. The normalized spacial score (nSPS) is 10.8. The van der Waals surface area contributed by atoms with Gasteiger partial charge in [0.15, 0.2) is 0 Å². The van der Waals surface area contributed by atoms with Crippen molar-refractivity contribution in [2.75, 3.05) is 11.1 Å². The number of amides is 1. The van der Waals surface area contributed by atoms with Crippen LogP contribution in [0.15, 0.2) is 83.0 Å². The molecule has 0 bridgehead atoms. The zero-order valence-electron chi connectivity index (χ0n) is 13.2.